The molecular formula is C15H22N4O. The van der Waals surface area contributed by atoms with Crippen LogP contribution in [-0.2, 0) is 4.79 Å². The number of pyridine rings is 1. The van der Waals surface area contributed by atoms with Gasteiger partial charge in [0, 0.05) is 13.1 Å². The molecule has 1 aromatic rings. The molecule has 20 heavy (non-hydrogen) atoms. The summed E-state index contributed by atoms with van der Waals surface area (Å²) in [6.45, 7) is 3.15. The van der Waals surface area contributed by atoms with Gasteiger partial charge < -0.3 is 15.5 Å². The van der Waals surface area contributed by atoms with Crippen molar-refractivity contribution in [3.05, 3.63) is 18.3 Å². The van der Waals surface area contributed by atoms with Gasteiger partial charge in [-0.3, -0.25) is 4.79 Å². The van der Waals surface area contributed by atoms with Crippen molar-refractivity contribution in [2.45, 2.75) is 38.1 Å². The zero-order valence-corrected chi connectivity index (χ0v) is 11.8. The standard InChI is InChI=1S/C15H22N4O/c20-15(13-5-4-8-16-13)18-14-7-6-12(11-17-14)19-9-2-1-3-10-19/h6-7,11,13,16H,1-5,8-10H2,(H,17,18,20). The van der Waals surface area contributed by atoms with Crippen LogP contribution in [0.25, 0.3) is 0 Å². The van der Waals surface area contributed by atoms with Gasteiger partial charge in [-0.15, -0.1) is 0 Å². The molecule has 0 saturated carbocycles. The molecule has 1 unspecified atom stereocenters. The number of amides is 1. The van der Waals surface area contributed by atoms with Crippen LogP contribution in [0.4, 0.5) is 11.5 Å². The van der Waals surface area contributed by atoms with Crippen molar-refractivity contribution < 1.29 is 4.79 Å². The number of hydrogen-bond acceptors (Lipinski definition) is 4. The Morgan fingerprint density at radius 2 is 2.10 bits per heavy atom. The Balaban J connectivity index is 1.59. The number of nitrogens with zero attached hydrogens (tertiary/aromatic N) is 2. The van der Waals surface area contributed by atoms with Gasteiger partial charge in [-0.25, -0.2) is 4.98 Å². The molecule has 108 valence electrons. The summed E-state index contributed by atoms with van der Waals surface area (Å²) in [6.07, 6.45) is 7.68. The van der Waals surface area contributed by atoms with E-state index >= 15 is 0 Å². The molecule has 1 atom stereocenters. The first kappa shape index (κ1) is 13.4. The van der Waals surface area contributed by atoms with E-state index in [0.29, 0.717) is 5.82 Å². The highest BCUT2D eigenvalue weighted by atomic mass is 16.2. The van der Waals surface area contributed by atoms with Crippen LogP contribution in [0.1, 0.15) is 32.1 Å². The van der Waals surface area contributed by atoms with Gasteiger partial charge in [0.25, 0.3) is 0 Å². The van der Waals surface area contributed by atoms with Crippen molar-refractivity contribution in [2.24, 2.45) is 0 Å². The normalized spacial score (nSPS) is 22.8. The number of piperidine rings is 1. The Labute approximate surface area is 119 Å². The van der Waals surface area contributed by atoms with E-state index in [1.165, 1.54) is 19.3 Å². The summed E-state index contributed by atoms with van der Waals surface area (Å²) in [5, 5.41) is 6.07. The van der Waals surface area contributed by atoms with Gasteiger partial charge in [-0.2, -0.15) is 0 Å². The molecular weight excluding hydrogens is 252 g/mol. The zero-order valence-electron chi connectivity index (χ0n) is 11.8. The molecule has 0 bridgehead atoms. The van der Waals surface area contributed by atoms with E-state index in [2.05, 4.69) is 26.6 Å². The van der Waals surface area contributed by atoms with E-state index in [0.717, 1.165) is 38.2 Å². The van der Waals surface area contributed by atoms with Crippen LogP contribution in [0, 0.1) is 0 Å². The lowest BCUT2D eigenvalue weighted by Gasteiger charge is -2.28. The predicted octanol–water partition coefficient (Wildman–Crippen LogP) is 1.76. The molecule has 2 aliphatic heterocycles. The van der Waals surface area contributed by atoms with E-state index in [1.54, 1.807) is 0 Å². The van der Waals surface area contributed by atoms with E-state index in [4.69, 9.17) is 0 Å². The maximum Gasteiger partial charge on any atom is 0.242 e. The highest BCUT2D eigenvalue weighted by molar-refractivity contribution is 5.94. The summed E-state index contributed by atoms with van der Waals surface area (Å²) < 4.78 is 0. The summed E-state index contributed by atoms with van der Waals surface area (Å²) in [7, 11) is 0. The molecule has 0 aromatic carbocycles. The van der Waals surface area contributed by atoms with Gasteiger partial charge in [0.1, 0.15) is 5.82 Å². The first-order valence-electron chi connectivity index (χ1n) is 7.58. The maximum atomic E-state index is 12.0. The first-order chi connectivity index (χ1) is 9.83. The van der Waals surface area contributed by atoms with Crippen molar-refractivity contribution in [3.8, 4) is 0 Å². The Kier molecular flexibility index (Phi) is 4.16. The van der Waals surface area contributed by atoms with Crippen LogP contribution in [-0.4, -0.2) is 36.6 Å². The van der Waals surface area contributed by atoms with Crippen LogP contribution in [0.3, 0.4) is 0 Å². The lowest BCUT2D eigenvalue weighted by atomic mass is 10.1. The van der Waals surface area contributed by atoms with E-state index in [-0.39, 0.29) is 11.9 Å². The van der Waals surface area contributed by atoms with Crippen LogP contribution < -0.4 is 15.5 Å². The summed E-state index contributed by atoms with van der Waals surface area (Å²) in [4.78, 5) is 18.7. The largest absolute Gasteiger partial charge is 0.370 e. The van der Waals surface area contributed by atoms with E-state index < -0.39 is 0 Å². The summed E-state index contributed by atoms with van der Waals surface area (Å²) in [5.74, 6) is 0.671. The zero-order chi connectivity index (χ0) is 13.8. The first-order valence-corrected chi connectivity index (χ1v) is 7.58. The number of anilines is 2. The fourth-order valence-corrected chi connectivity index (χ4v) is 2.92. The monoisotopic (exact) mass is 274 g/mol. The molecule has 3 rings (SSSR count). The smallest absolute Gasteiger partial charge is 0.242 e. The summed E-state index contributed by atoms with van der Waals surface area (Å²) >= 11 is 0. The third kappa shape index (κ3) is 3.10. The second-order valence-electron chi connectivity index (χ2n) is 5.59. The molecule has 5 heteroatoms. The molecule has 0 aliphatic carbocycles. The average molecular weight is 274 g/mol. The highest BCUT2D eigenvalue weighted by Crippen LogP contribution is 2.20. The molecule has 0 radical (unpaired) electrons. The van der Waals surface area contributed by atoms with Crippen LogP contribution in [0.5, 0.6) is 0 Å². The summed E-state index contributed by atoms with van der Waals surface area (Å²) in [5.41, 5.74) is 1.15. The topological polar surface area (TPSA) is 57.3 Å². The van der Waals surface area contributed by atoms with E-state index in [9.17, 15) is 4.79 Å². The van der Waals surface area contributed by atoms with Gasteiger partial charge in [-0.05, 0) is 50.8 Å². The van der Waals surface area contributed by atoms with Crippen molar-refractivity contribution in [2.75, 3.05) is 29.9 Å². The fraction of sp³-hybridized carbons (Fsp3) is 0.600. The molecule has 2 N–H and O–H groups in total. The van der Waals surface area contributed by atoms with Crippen molar-refractivity contribution in [1.82, 2.24) is 10.3 Å². The quantitative estimate of drug-likeness (QED) is 0.882. The van der Waals surface area contributed by atoms with Gasteiger partial charge >= 0.3 is 0 Å². The van der Waals surface area contributed by atoms with Crippen LogP contribution >= 0.6 is 0 Å². The Morgan fingerprint density at radius 3 is 2.75 bits per heavy atom. The van der Waals surface area contributed by atoms with Crippen LogP contribution in [0.15, 0.2) is 18.3 Å². The predicted molar refractivity (Wildman–Crippen MR) is 80.0 cm³/mol. The lowest BCUT2D eigenvalue weighted by molar-refractivity contribution is -0.117. The second kappa shape index (κ2) is 6.22. The number of nitrogens with one attached hydrogen (secondary N) is 2. The van der Waals surface area contributed by atoms with Gasteiger partial charge in [0.15, 0.2) is 0 Å². The molecule has 3 heterocycles. The molecule has 1 aromatic heterocycles. The minimum atomic E-state index is -0.0569. The Hall–Kier alpha value is -1.62. The van der Waals surface area contributed by atoms with E-state index in [1.807, 2.05) is 12.3 Å². The minimum Gasteiger partial charge on any atom is -0.370 e. The van der Waals surface area contributed by atoms with Gasteiger partial charge in [0.05, 0.1) is 17.9 Å². The number of aromatic nitrogens is 1. The SMILES string of the molecule is O=C(Nc1ccc(N2CCCCC2)cn1)C1CCCN1. The van der Waals surface area contributed by atoms with Crippen molar-refractivity contribution >= 4 is 17.4 Å². The number of hydrogen-bond donors (Lipinski definition) is 2. The van der Waals surface area contributed by atoms with Crippen molar-refractivity contribution in [1.29, 1.82) is 0 Å². The van der Waals surface area contributed by atoms with Gasteiger partial charge in [0.2, 0.25) is 5.91 Å². The molecule has 2 saturated heterocycles. The van der Waals surface area contributed by atoms with Crippen molar-refractivity contribution in [3.63, 3.8) is 0 Å². The number of rotatable bonds is 3. The van der Waals surface area contributed by atoms with Gasteiger partial charge in [-0.1, -0.05) is 0 Å². The molecule has 1 amide bonds. The Bertz CT molecular complexity index is 447. The number of carbonyl (C=O) groups is 1. The highest BCUT2D eigenvalue weighted by Gasteiger charge is 2.22. The third-order valence-corrected chi connectivity index (χ3v) is 4.10. The summed E-state index contributed by atoms with van der Waals surface area (Å²) in [6, 6.07) is 3.89. The maximum absolute atomic E-state index is 12.0. The molecule has 2 aliphatic rings. The Morgan fingerprint density at radius 1 is 1.25 bits per heavy atom. The fourth-order valence-electron chi connectivity index (χ4n) is 2.92. The third-order valence-electron chi connectivity index (χ3n) is 4.10. The molecule has 2 fully saturated rings. The lowest BCUT2D eigenvalue weighted by Crippen LogP contribution is -2.35. The number of carbonyl (C=O) groups excluding carboxylic acids is 1. The van der Waals surface area contributed by atoms with Crippen LogP contribution in [0.2, 0.25) is 0 Å². The average Bonchev–Trinajstić information content (AvgIpc) is 3.03. The molecule has 0 spiro atoms. The molecule has 5 nitrogen and oxygen atoms in total. The second-order valence-corrected chi connectivity index (χ2v) is 5.59. The minimum absolute atomic E-state index is 0.0284.